The van der Waals surface area contributed by atoms with Crippen LogP contribution in [0.25, 0.3) is 0 Å². The minimum absolute atomic E-state index is 0.165. The third-order valence-corrected chi connectivity index (χ3v) is 2.60. The van der Waals surface area contributed by atoms with E-state index < -0.39 is 5.97 Å². The normalized spacial score (nSPS) is 10.3. The Morgan fingerprint density at radius 3 is 2.29 bits per heavy atom. The lowest BCUT2D eigenvalue weighted by Gasteiger charge is -2.01. The van der Waals surface area contributed by atoms with Gasteiger partial charge in [-0.05, 0) is 17.7 Å². The Labute approximate surface area is 122 Å². The lowest BCUT2D eigenvalue weighted by Crippen LogP contribution is -2.19. The van der Waals surface area contributed by atoms with Crippen molar-refractivity contribution < 1.29 is 14.3 Å². The van der Waals surface area contributed by atoms with Crippen LogP contribution in [0.15, 0.2) is 65.8 Å². The van der Waals surface area contributed by atoms with E-state index in [0.29, 0.717) is 5.56 Å². The first-order valence-corrected chi connectivity index (χ1v) is 6.35. The molecule has 1 N–H and O–H groups in total. The van der Waals surface area contributed by atoms with Gasteiger partial charge in [-0.3, -0.25) is 4.79 Å². The summed E-state index contributed by atoms with van der Waals surface area (Å²) in [6.07, 6.45) is 0.934. The summed E-state index contributed by atoms with van der Waals surface area (Å²) in [6, 6.07) is 17.9. The van der Waals surface area contributed by atoms with Crippen molar-refractivity contribution in [3.63, 3.8) is 0 Å². The fourth-order valence-electron chi connectivity index (χ4n) is 1.56. The molecule has 5 nitrogen and oxygen atoms in total. The van der Waals surface area contributed by atoms with Crippen molar-refractivity contribution in [2.45, 2.75) is 6.61 Å². The average Bonchev–Trinajstić information content (AvgIpc) is 2.54. The number of carbonyl (C=O) groups is 2. The first kappa shape index (κ1) is 14.5. The monoisotopic (exact) mass is 282 g/mol. The van der Waals surface area contributed by atoms with E-state index in [0.717, 1.165) is 11.8 Å². The number of hydrazone groups is 1. The van der Waals surface area contributed by atoms with Crippen LogP contribution < -0.4 is 5.43 Å². The van der Waals surface area contributed by atoms with Crippen LogP contribution in [0, 0.1) is 0 Å². The molecule has 106 valence electrons. The lowest BCUT2D eigenvalue weighted by atomic mass is 10.2. The van der Waals surface area contributed by atoms with Gasteiger partial charge in [-0.25, -0.2) is 10.2 Å². The average molecular weight is 282 g/mol. The van der Waals surface area contributed by atoms with Gasteiger partial charge in [0.25, 0.3) is 5.91 Å². The highest BCUT2D eigenvalue weighted by Gasteiger charge is 2.03. The number of benzene rings is 2. The summed E-state index contributed by atoms with van der Waals surface area (Å²) >= 11 is 0. The maximum absolute atomic E-state index is 11.6. The molecule has 0 atom stereocenters. The number of rotatable bonds is 5. The first-order valence-electron chi connectivity index (χ1n) is 6.35. The van der Waals surface area contributed by atoms with Crippen LogP contribution in [0.4, 0.5) is 0 Å². The van der Waals surface area contributed by atoms with Crippen LogP contribution >= 0.6 is 0 Å². The highest BCUT2D eigenvalue weighted by molar-refractivity contribution is 6.23. The van der Waals surface area contributed by atoms with Crippen LogP contribution in [0.3, 0.4) is 0 Å². The van der Waals surface area contributed by atoms with Gasteiger partial charge in [0.15, 0.2) is 0 Å². The van der Waals surface area contributed by atoms with Gasteiger partial charge in [0.05, 0.1) is 0 Å². The summed E-state index contributed by atoms with van der Waals surface area (Å²) in [4.78, 5) is 23.0. The fraction of sp³-hybridized carbons (Fsp3) is 0.0625. The van der Waals surface area contributed by atoms with Gasteiger partial charge >= 0.3 is 5.97 Å². The summed E-state index contributed by atoms with van der Waals surface area (Å²) in [5, 5.41) is 3.56. The van der Waals surface area contributed by atoms with E-state index in [1.165, 1.54) is 0 Å². The molecule has 0 unspecified atom stereocenters. The number of carbonyl (C=O) groups excluding carboxylic acids is 2. The van der Waals surface area contributed by atoms with Crippen molar-refractivity contribution in [2.24, 2.45) is 5.10 Å². The summed E-state index contributed by atoms with van der Waals surface area (Å²) in [5.41, 5.74) is 3.60. The highest BCUT2D eigenvalue weighted by atomic mass is 16.5. The topological polar surface area (TPSA) is 67.8 Å². The maximum atomic E-state index is 11.6. The smallest absolute Gasteiger partial charge is 0.351 e. The summed E-state index contributed by atoms with van der Waals surface area (Å²) in [6.45, 7) is 0.165. The minimum Gasteiger partial charge on any atom is -0.456 e. The molecule has 0 radical (unpaired) electrons. The molecule has 0 heterocycles. The van der Waals surface area contributed by atoms with Gasteiger partial charge in [-0.15, -0.1) is 0 Å². The fourth-order valence-corrected chi connectivity index (χ4v) is 1.56. The molecule has 0 spiro atoms. The predicted octanol–water partition coefficient (Wildman–Crippen LogP) is 2.15. The molecule has 2 aromatic carbocycles. The summed E-state index contributed by atoms with van der Waals surface area (Å²) in [5.74, 6) is -1.00. The summed E-state index contributed by atoms with van der Waals surface area (Å²) in [7, 11) is 0. The minimum atomic E-state index is -0.618. The Bertz CT molecular complexity index is 624. The van der Waals surface area contributed by atoms with E-state index in [1.807, 2.05) is 30.3 Å². The van der Waals surface area contributed by atoms with Crippen molar-refractivity contribution in [1.29, 1.82) is 0 Å². The maximum Gasteiger partial charge on any atom is 0.351 e. The van der Waals surface area contributed by atoms with Crippen molar-refractivity contribution in [3.05, 3.63) is 71.8 Å². The Hall–Kier alpha value is -2.95. The number of hydrogen-bond acceptors (Lipinski definition) is 4. The molecule has 5 heteroatoms. The Balaban J connectivity index is 1.76. The molecule has 21 heavy (non-hydrogen) atoms. The molecular weight excluding hydrogens is 268 g/mol. The van der Waals surface area contributed by atoms with Crippen molar-refractivity contribution in [1.82, 2.24) is 5.43 Å². The predicted molar refractivity (Wildman–Crippen MR) is 78.6 cm³/mol. The number of amides is 1. The van der Waals surface area contributed by atoms with Crippen molar-refractivity contribution in [2.75, 3.05) is 0 Å². The largest absolute Gasteiger partial charge is 0.456 e. The molecule has 2 aromatic rings. The molecule has 1 amide bonds. The SMILES string of the molecule is O=C(/C=N/NC(=O)c1ccccc1)OCc1ccccc1. The number of esters is 1. The van der Waals surface area contributed by atoms with Crippen LogP contribution in [-0.4, -0.2) is 18.1 Å². The third-order valence-electron chi connectivity index (χ3n) is 2.60. The second-order valence-electron chi connectivity index (χ2n) is 4.16. The molecule has 0 aliphatic heterocycles. The lowest BCUT2D eigenvalue weighted by molar-refractivity contribution is -0.136. The van der Waals surface area contributed by atoms with E-state index in [1.54, 1.807) is 30.3 Å². The molecule has 0 aliphatic rings. The molecule has 0 aromatic heterocycles. The Kier molecular flexibility index (Phi) is 5.23. The summed E-state index contributed by atoms with van der Waals surface area (Å²) < 4.78 is 4.98. The van der Waals surface area contributed by atoms with E-state index in [2.05, 4.69) is 10.5 Å². The number of nitrogens with one attached hydrogen (secondary N) is 1. The number of ether oxygens (including phenoxy) is 1. The van der Waals surface area contributed by atoms with Gasteiger partial charge < -0.3 is 4.74 Å². The van der Waals surface area contributed by atoms with Gasteiger partial charge in [0, 0.05) is 5.56 Å². The first-order chi connectivity index (χ1) is 10.3. The van der Waals surface area contributed by atoms with Gasteiger partial charge in [0.2, 0.25) is 0 Å². The second kappa shape index (κ2) is 7.59. The third kappa shape index (κ3) is 4.91. The molecule has 0 aliphatic carbocycles. The molecule has 0 saturated carbocycles. The molecule has 0 fully saturated rings. The number of nitrogens with zero attached hydrogens (tertiary/aromatic N) is 1. The highest BCUT2D eigenvalue weighted by Crippen LogP contribution is 2.00. The molecule has 0 bridgehead atoms. The van der Waals surface area contributed by atoms with Gasteiger partial charge in [-0.2, -0.15) is 5.10 Å². The zero-order valence-electron chi connectivity index (χ0n) is 11.2. The quantitative estimate of drug-likeness (QED) is 0.519. The molecular formula is C16H14N2O3. The zero-order chi connectivity index (χ0) is 14.9. The van der Waals surface area contributed by atoms with E-state index in [9.17, 15) is 9.59 Å². The molecule has 0 saturated heterocycles. The second-order valence-corrected chi connectivity index (χ2v) is 4.16. The van der Waals surface area contributed by atoms with Crippen LogP contribution in [-0.2, 0) is 16.1 Å². The van der Waals surface area contributed by atoms with Crippen molar-refractivity contribution in [3.8, 4) is 0 Å². The van der Waals surface area contributed by atoms with Crippen LogP contribution in [0.2, 0.25) is 0 Å². The van der Waals surface area contributed by atoms with Crippen LogP contribution in [0.5, 0.6) is 0 Å². The standard InChI is InChI=1S/C16H14N2O3/c19-15(21-12-13-7-3-1-4-8-13)11-17-18-16(20)14-9-5-2-6-10-14/h1-11H,12H2,(H,18,20)/b17-11+. The molecule has 2 rings (SSSR count). The van der Waals surface area contributed by atoms with Gasteiger partial charge in [-0.1, -0.05) is 48.5 Å². The zero-order valence-corrected chi connectivity index (χ0v) is 11.2. The van der Waals surface area contributed by atoms with E-state index in [4.69, 9.17) is 4.74 Å². The van der Waals surface area contributed by atoms with Crippen molar-refractivity contribution >= 4 is 18.1 Å². The number of hydrogen-bond donors (Lipinski definition) is 1. The van der Waals surface area contributed by atoms with E-state index in [-0.39, 0.29) is 12.5 Å². The Morgan fingerprint density at radius 1 is 1.00 bits per heavy atom. The van der Waals surface area contributed by atoms with Gasteiger partial charge in [0.1, 0.15) is 12.8 Å². The van der Waals surface area contributed by atoms with Crippen LogP contribution in [0.1, 0.15) is 15.9 Å². The van der Waals surface area contributed by atoms with E-state index >= 15 is 0 Å². The Morgan fingerprint density at radius 2 is 1.62 bits per heavy atom.